The van der Waals surface area contributed by atoms with E-state index in [1.807, 2.05) is 38.4 Å². The third kappa shape index (κ3) is 5.87. The molecule has 172 valence electrons. The van der Waals surface area contributed by atoms with Gasteiger partial charge in [-0.25, -0.2) is 4.98 Å². The zero-order valence-electron chi connectivity index (χ0n) is 18.7. The Morgan fingerprint density at radius 2 is 2.06 bits per heavy atom. The van der Waals surface area contributed by atoms with Crippen molar-refractivity contribution in [1.29, 1.82) is 5.26 Å². The number of aromatic nitrogens is 4. The van der Waals surface area contributed by atoms with Gasteiger partial charge in [0.2, 0.25) is 0 Å². The number of hydrogen-bond donors (Lipinski definition) is 1. The van der Waals surface area contributed by atoms with Crippen LogP contribution in [0.25, 0.3) is 0 Å². The molecule has 2 aromatic carbocycles. The van der Waals surface area contributed by atoms with Crippen molar-refractivity contribution in [3.8, 4) is 17.6 Å². The number of nitriles is 1. The molecule has 1 N–H and O–H groups in total. The summed E-state index contributed by atoms with van der Waals surface area (Å²) in [5.41, 5.74) is 3.78. The van der Waals surface area contributed by atoms with Crippen LogP contribution in [-0.4, -0.2) is 25.5 Å². The number of hydrogen-bond acceptors (Lipinski definition) is 6. The Labute approximate surface area is 206 Å². The molecule has 0 aliphatic rings. The van der Waals surface area contributed by atoms with Crippen molar-refractivity contribution in [1.82, 2.24) is 19.7 Å². The van der Waals surface area contributed by atoms with E-state index in [0.29, 0.717) is 51.4 Å². The first-order valence-corrected chi connectivity index (χ1v) is 11.9. The number of aromatic amines is 1. The second-order valence-corrected chi connectivity index (χ2v) is 9.29. The molecule has 2 aromatic heterocycles. The first kappa shape index (κ1) is 23.6. The van der Waals surface area contributed by atoms with Crippen LogP contribution >= 0.6 is 23.4 Å². The van der Waals surface area contributed by atoms with Gasteiger partial charge >= 0.3 is 0 Å². The molecule has 0 fully saturated rings. The highest BCUT2D eigenvalue weighted by Crippen LogP contribution is 2.29. The lowest BCUT2D eigenvalue weighted by atomic mass is 10.1. The van der Waals surface area contributed by atoms with Crippen LogP contribution < -0.4 is 10.3 Å². The van der Waals surface area contributed by atoms with Gasteiger partial charge in [-0.2, -0.15) is 10.4 Å². The summed E-state index contributed by atoms with van der Waals surface area (Å²) in [4.78, 5) is 19.6. The molecule has 34 heavy (non-hydrogen) atoms. The Morgan fingerprint density at radius 3 is 2.76 bits per heavy atom. The largest absolute Gasteiger partial charge is 0.456 e. The fourth-order valence-corrected chi connectivity index (χ4v) is 4.31. The van der Waals surface area contributed by atoms with Crippen LogP contribution in [0.3, 0.4) is 0 Å². The molecule has 2 heterocycles. The molecule has 7 nitrogen and oxygen atoms in total. The quantitative estimate of drug-likeness (QED) is 0.273. The fourth-order valence-electron chi connectivity index (χ4n) is 3.37. The molecular weight excluding hydrogens is 470 g/mol. The SMILES string of the molecule is Cc1cc(Oc2ccc(CCSc3ncc(Cc4cnn(C)c4)c(=O)[nH]3)cc2C#N)ccc1Cl. The Hall–Kier alpha value is -3.54. The van der Waals surface area contributed by atoms with Gasteiger partial charge in [-0.3, -0.25) is 9.48 Å². The fraction of sp³-hybridized carbons (Fsp3) is 0.200. The summed E-state index contributed by atoms with van der Waals surface area (Å²) < 4.78 is 7.60. The maximum atomic E-state index is 12.4. The van der Waals surface area contributed by atoms with Crippen molar-refractivity contribution in [2.75, 3.05) is 5.75 Å². The van der Waals surface area contributed by atoms with Crippen LogP contribution in [0.15, 0.2) is 64.9 Å². The number of H-pyrrole nitrogens is 1. The van der Waals surface area contributed by atoms with Crippen LogP contribution in [0.1, 0.15) is 27.8 Å². The number of halogens is 1. The molecule has 0 aliphatic carbocycles. The smallest absolute Gasteiger partial charge is 0.255 e. The van der Waals surface area contributed by atoms with E-state index in [1.165, 1.54) is 11.8 Å². The van der Waals surface area contributed by atoms with Gasteiger partial charge in [0.05, 0.1) is 11.8 Å². The average Bonchev–Trinajstić information content (AvgIpc) is 3.23. The standard InChI is InChI=1S/C25H22ClN5O2S/c1-16-9-21(4-5-22(16)26)33-23-6-3-17(10-19(23)12-27)7-8-34-25-28-14-20(24(32)30-25)11-18-13-29-31(2)15-18/h3-6,9-10,13-15H,7-8,11H2,1-2H3,(H,28,30,32). The van der Waals surface area contributed by atoms with Crippen molar-refractivity contribution in [2.24, 2.45) is 7.05 Å². The van der Waals surface area contributed by atoms with Gasteiger partial charge < -0.3 is 9.72 Å². The maximum Gasteiger partial charge on any atom is 0.255 e. The average molecular weight is 492 g/mol. The minimum absolute atomic E-state index is 0.146. The molecular formula is C25H22ClN5O2S. The Kier molecular flexibility index (Phi) is 7.36. The summed E-state index contributed by atoms with van der Waals surface area (Å²) in [7, 11) is 1.84. The number of aryl methyl sites for hydroxylation is 3. The van der Waals surface area contributed by atoms with E-state index in [2.05, 4.69) is 21.1 Å². The molecule has 4 aromatic rings. The van der Waals surface area contributed by atoms with Gasteiger partial charge in [0.25, 0.3) is 5.56 Å². The number of rotatable bonds is 8. The summed E-state index contributed by atoms with van der Waals surface area (Å²) in [6.45, 7) is 1.90. The van der Waals surface area contributed by atoms with Crippen molar-refractivity contribution in [2.45, 2.75) is 24.9 Å². The number of nitrogens with one attached hydrogen (secondary N) is 1. The molecule has 0 saturated carbocycles. The minimum atomic E-state index is -0.146. The summed E-state index contributed by atoms with van der Waals surface area (Å²) in [5.74, 6) is 1.83. The molecule has 0 atom stereocenters. The number of thioether (sulfide) groups is 1. The third-order valence-corrected chi connectivity index (χ3v) is 6.47. The lowest BCUT2D eigenvalue weighted by Gasteiger charge is -2.10. The molecule has 4 rings (SSSR count). The number of benzene rings is 2. The van der Waals surface area contributed by atoms with Crippen LogP contribution in [0.4, 0.5) is 0 Å². The van der Waals surface area contributed by atoms with E-state index in [9.17, 15) is 10.1 Å². The minimum Gasteiger partial charge on any atom is -0.456 e. The highest BCUT2D eigenvalue weighted by molar-refractivity contribution is 7.99. The van der Waals surface area contributed by atoms with Crippen LogP contribution in [0, 0.1) is 18.3 Å². The lowest BCUT2D eigenvalue weighted by molar-refractivity contribution is 0.480. The summed E-state index contributed by atoms with van der Waals surface area (Å²) in [5, 5.41) is 14.9. The molecule has 9 heteroatoms. The maximum absolute atomic E-state index is 12.4. The summed E-state index contributed by atoms with van der Waals surface area (Å²) in [6, 6.07) is 13.1. The van der Waals surface area contributed by atoms with Gasteiger partial charge in [-0.15, -0.1) is 0 Å². The lowest BCUT2D eigenvalue weighted by Crippen LogP contribution is -2.14. The molecule has 0 saturated heterocycles. The second-order valence-electron chi connectivity index (χ2n) is 7.80. The first-order chi connectivity index (χ1) is 16.4. The van der Waals surface area contributed by atoms with E-state index < -0.39 is 0 Å². The molecule has 0 aliphatic heterocycles. The molecule has 0 amide bonds. The van der Waals surface area contributed by atoms with Crippen LogP contribution in [-0.2, 0) is 19.9 Å². The van der Waals surface area contributed by atoms with Crippen molar-refractivity contribution < 1.29 is 4.74 Å². The predicted molar refractivity (Wildman–Crippen MR) is 133 cm³/mol. The van der Waals surface area contributed by atoms with E-state index in [1.54, 1.807) is 35.3 Å². The number of nitrogens with zero attached hydrogens (tertiary/aromatic N) is 4. The van der Waals surface area contributed by atoms with Crippen LogP contribution in [0.2, 0.25) is 5.02 Å². The summed E-state index contributed by atoms with van der Waals surface area (Å²) in [6.07, 6.45) is 6.43. The second kappa shape index (κ2) is 10.6. The van der Waals surface area contributed by atoms with E-state index in [4.69, 9.17) is 16.3 Å². The van der Waals surface area contributed by atoms with Gasteiger partial charge in [-0.05, 0) is 60.4 Å². The Balaban J connectivity index is 1.36. The topological polar surface area (TPSA) is 96.6 Å². The van der Waals surface area contributed by atoms with Crippen molar-refractivity contribution in [3.63, 3.8) is 0 Å². The van der Waals surface area contributed by atoms with E-state index in [-0.39, 0.29) is 5.56 Å². The van der Waals surface area contributed by atoms with Gasteiger partial charge in [0.1, 0.15) is 17.6 Å². The van der Waals surface area contributed by atoms with E-state index >= 15 is 0 Å². The van der Waals surface area contributed by atoms with Gasteiger partial charge in [-0.1, -0.05) is 29.4 Å². The monoisotopic (exact) mass is 491 g/mol. The highest BCUT2D eigenvalue weighted by Gasteiger charge is 2.09. The van der Waals surface area contributed by atoms with Crippen molar-refractivity contribution in [3.05, 3.63) is 98.2 Å². The Morgan fingerprint density at radius 1 is 1.21 bits per heavy atom. The number of ether oxygens (including phenoxy) is 1. The summed E-state index contributed by atoms with van der Waals surface area (Å²) >= 11 is 7.53. The predicted octanol–water partition coefficient (Wildman–Crippen LogP) is 5.05. The molecule has 0 bridgehead atoms. The Bertz CT molecular complexity index is 1420. The van der Waals surface area contributed by atoms with Gasteiger partial charge in [0, 0.05) is 42.2 Å². The third-order valence-electron chi connectivity index (χ3n) is 5.15. The van der Waals surface area contributed by atoms with Gasteiger partial charge in [0.15, 0.2) is 5.16 Å². The highest BCUT2D eigenvalue weighted by atomic mass is 35.5. The molecule has 0 unspecified atom stereocenters. The first-order valence-electron chi connectivity index (χ1n) is 10.6. The molecule has 0 radical (unpaired) electrons. The van der Waals surface area contributed by atoms with E-state index in [0.717, 1.165) is 16.7 Å². The zero-order valence-corrected chi connectivity index (χ0v) is 20.3. The normalized spacial score (nSPS) is 10.8. The van der Waals surface area contributed by atoms with Crippen molar-refractivity contribution >= 4 is 23.4 Å². The molecule has 0 spiro atoms. The van der Waals surface area contributed by atoms with Crippen LogP contribution in [0.5, 0.6) is 11.5 Å². The zero-order chi connectivity index (χ0) is 24.1.